The van der Waals surface area contributed by atoms with Crippen molar-refractivity contribution in [1.29, 1.82) is 0 Å². The van der Waals surface area contributed by atoms with Crippen molar-refractivity contribution in [1.82, 2.24) is 0 Å². The minimum Gasteiger partial charge on any atom is -0.498 e. The average molecular weight is 461 g/mol. The number of ketones is 1. The Balaban J connectivity index is 1.31. The molecule has 2 aliphatic heterocycles. The van der Waals surface area contributed by atoms with Gasteiger partial charge >= 0.3 is 0 Å². The predicted octanol–water partition coefficient (Wildman–Crippen LogP) is 5.37. The molecular formula is C30H36O4. The summed E-state index contributed by atoms with van der Waals surface area (Å²) in [6, 6.07) is 0. The molecule has 0 amide bonds. The molecule has 0 aromatic rings. The van der Waals surface area contributed by atoms with Gasteiger partial charge in [-0.2, -0.15) is 0 Å². The molecule has 0 N–H and O–H groups in total. The molecule has 34 heavy (non-hydrogen) atoms. The summed E-state index contributed by atoms with van der Waals surface area (Å²) in [5, 5.41) is 0. The highest BCUT2D eigenvalue weighted by Gasteiger charge is 2.41. The van der Waals surface area contributed by atoms with E-state index in [1.807, 2.05) is 0 Å². The summed E-state index contributed by atoms with van der Waals surface area (Å²) in [7, 11) is 0. The van der Waals surface area contributed by atoms with Gasteiger partial charge < -0.3 is 14.2 Å². The van der Waals surface area contributed by atoms with Crippen molar-refractivity contribution in [3.8, 4) is 11.8 Å². The van der Waals surface area contributed by atoms with Crippen LogP contribution in [0.4, 0.5) is 0 Å². The third-order valence-corrected chi connectivity index (χ3v) is 8.89. The van der Waals surface area contributed by atoms with Crippen molar-refractivity contribution in [2.75, 3.05) is 26.4 Å². The van der Waals surface area contributed by atoms with Crippen LogP contribution in [0.25, 0.3) is 0 Å². The van der Waals surface area contributed by atoms with E-state index < -0.39 is 0 Å². The summed E-state index contributed by atoms with van der Waals surface area (Å²) in [5.74, 6) is 12.2. The Hall–Kier alpha value is -2.25. The summed E-state index contributed by atoms with van der Waals surface area (Å²) < 4.78 is 18.1. The first-order valence-corrected chi connectivity index (χ1v) is 13.3. The fraction of sp³-hybridized carbons (Fsp3) is 0.633. The van der Waals surface area contributed by atoms with Gasteiger partial charge in [0.15, 0.2) is 5.78 Å². The molecule has 6 aliphatic rings. The zero-order valence-electron chi connectivity index (χ0n) is 20.3. The van der Waals surface area contributed by atoms with E-state index in [4.69, 9.17) is 14.2 Å². The molecule has 0 spiro atoms. The van der Waals surface area contributed by atoms with Gasteiger partial charge in [-0.3, -0.25) is 4.79 Å². The molecule has 6 rings (SSSR count). The lowest BCUT2D eigenvalue weighted by Crippen LogP contribution is -2.35. The van der Waals surface area contributed by atoms with E-state index in [1.54, 1.807) is 0 Å². The van der Waals surface area contributed by atoms with Crippen LogP contribution in [-0.4, -0.2) is 32.2 Å². The number of Topliss-reactive ketones (excluding diaryl/α,β-unsaturated/α-hetero) is 1. The van der Waals surface area contributed by atoms with Gasteiger partial charge in [-0.15, -0.1) is 0 Å². The summed E-state index contributed by atoms with van der Waals surface area (Å²) in [4.78, 5) is 12.8. The first kappa shape index (κ1) is 22.2. The molecule has 4 aliphatic carbocycles. The van der Waals surface area contributed by atoms with Crippen LogP contribution in [-0.2, 0) is 19.0 Å². The highest BCUT2D eigenvalue weighted by Crippen LogP contribution is 2.47. The second kappa shape index (κ2) is 9.42. The normalized spacial score (nSPS) is 37.9. The molecule has 0 saturated carbocycles. The van der Waals surface area contributed by atoms with Crippen molar-refractivity contribution < 1.29 is 19.0 Å². The molecule has 0 radical (unpaired) electrons. The Morgan fingerprint density at radius 3 is 2.74 bits per heavy atom. The molecule has 1 fully saturated rings. The van der Waals surface area contributed by atoms with Gasteiger partial charge in [-0.1, -0.05) is 36.0 Å². The molecule has 1 saturated heterocycles. The average Bonchev–Trinajstić information content (AvgIpc) is 3.65. The summed E-state index contributed by atoms with van der Waals surface area (Å²) in [6.07, 6.45) is 16.1. The highest BCUT2D eigenvalue weighted by atomic mass is 16.5. The van der Waals surface area contributed by atoms with E-state index in [1.165, 1.54) is 11.1 Å². The van der Waals surface area contributed by atoms with Gasteiger partial charge in [-0.25, -0.2) is 0 Å². The van der Waals surface area contributed by atoms with Crippen molar-refractivity contribution in [2.45, 2.75) is 51.9 Å². The second-order valence-corrected chi connectivity index (χ2v) is 11.0. The van der Waals surface area contributed by atoms with Crippen molar-refractivity contribution in [3.05, 3.63) is 47.0 Å². The second-order valence-electron chi connectivity index (χ2n) is 11.0. The van der Waals surface area contributed by atoms with Crippen LogP contribution >= 0.6 is 0 Å². The van der Waals surface area contributed by atoms with Gasteiger partial charge in [-0.05, 0) is 80.4 Å². The van der Waals surface area contributed by atoms with Gasteiger partial charge in [0.25, 0.3) is 0 Å². The number of allylic oxidation sites excluding steroid dienone is 7. The lowest BCUT2D eigenvalue weighted by Gasteiger charge is -2.41. The SMILES string of the molecule is CC1C#CC2C3=CC(=CC(C4CCOCC4)C3)OCC(=O)C3C=C3CCCOC3=CCC1C2C3. The summed E-state index contributed by atoms with van der Waals surface area (Å²) >= 11 is 0. The Morgan fingerprint density at radius 1 is 0.971 bits per heavy atom. The molecule has 180 valence electrons. The third kappa shape index (κ3) is 4.52. The van der Waals surface area contributed by atoms with Gasteiger partial charge in [0, 0.05) is 31.5 Å². The number of rotatable bonds is 1. The van der Waals surface area contributed by atoms with Gasteiger partial charge in [0.05, 0.1) is 18.3 Å². The van der Waals surface area contributed by atoms with Crippen LogP contribution in [0.1, 0.15) is 51.9 Å². The Morgan fingerprint density at radius 2 is 1.85 bits per heavy atom. The van der Waals surface area contributed by atoms with E-state index >= 15 is 0 Å². The van der Waals surface area contributed by atoms with Crippen molar-refractivity contribution in [3.63, 3.8) is 0 Å². The number of hydrogen-bond acceptors (Lipinski definition) is 4. The quantitative estimate of drug-likeness (QED) is 0.390. The number of fused-ring (bicyclic) bond motifs is 4. The van der Waals surface area contributed by atoms with E-state index in [-0.39, 0.29) is 24.2 Å². The maximum Gasteiger partial charge on any atom is 0.181 e. The predicted molar refractivity (Wildman–Crippen MR) is 130 cm³/mol. The van der Waals surface area contributed by atoms with Crippen molar-refractivity contribution >= 4 is 5.78 Å². The number of carbonyl (C=O) groups is 1. The fourth-order valence-corrected chi connectivity index (χ4v) is 6.78. The van der Waals surface area contributed by atoms with Crippen LogP contribution in [0, 0.1) is 53.3 Å². The Labute approximate surface area is 203 Å². The van der Waals surface area contributed by atoms with Crippen LogP contribution in [0.15, 0.2) is 47.0 Å². The zero-order chi connectivity index (χ0) is 23.1. The maximum atomic E-state index is 12.8. The Bertz CT molecular complexity index is 1010. The first-order chi connectivity index (χ1) is 16.7. The monoisotopic (exact) mass is 460 g/mol. The topological polar surface area (TPSA) is 44.8 Å². The van der Waals surface area contributed by atoms with Crippen LogP contribution in [0.2, 0.25) is 0 Å². The van der Waals surface area contributed by atoms with Gasteiger partial charge in [0.1, 0.15) is 12.4 Å². The fourth-order valence-electron chi connectivity index (χ4n) is 6.78. The van der Waals surface area contributed by atoms with E-state index in [0.717, 1.165) is 76.3 Å². The minimum absolute atomic E-state index is 0.0171. The number of ether oxygens (including phenoxy) is 3. The maximum absolute atomic E-state index is 12.8. The molecular weight excluding hydrogens is 424 g/mol. The smallest absolute Gasteiger partial charge is 0.181 e. The standard InChI is InChI=1S/C30H36O4/c1-19-4-6-27-23-13-22(20-8-11-32-12-9-20)14-25(15-23)34-18-30(31)28-16-21(28)3-2-10-33-24-5-7-26(19)29(27)17-24/h5,14-16,19-20,22,26-29H,2-3,7-13,17-18H2,1H3. The Kier molecular flexibility index (Phi) is 6.16. The lowest BCUT2D eigenvalue weighted by molar-refractivity contribution is -0.123. The van der Waals surface area contributed by atoms with E-state index in [9.17, 15) is 4.79 Å². The molecule has 2 heterocycles. The third-order valence-electron chi connectivity index (χ3n) is 8.89. The summed E-state index contributed by atoms with van der Waals surface area (Å²) in [6.45, 7) is 4.85. The number of carbonyl (C=O) groups excluding carboxylic acids is 1. The molecule has 6 unspecified atom stereocenters. The molecule has 0 aromatic heterocycles. The highest BCUT2D eigenvalue weighted by molar-refractivity contribution is 5.90. The van der Waals surface area contributed by atoms with Gasteiger partial charge in [0.2, 0.25) is 0 Å². The van der Waals surface area contributed by atoms with Crippen LogP contribution < -0.4 is 0 Å². The minimum atomic E-state index is -0.0171. The molecule has 4 nitrogen and oxygen atoms in total. The number of hydrogen-bond donors (Lipinski definition) is 0. The lowest BCUT2D eigenvalue weighted by atomic mass is 9.63. The van der Waals surface area contributed by atoms with Crippen molar-refractivity contribution in [2.24, 2.45) is 41.4 Å². The van der Waals surface area contributed by atoms with E-state index in [0.29, 0.717) is 29.6 Å². The molecule has 0 aromatic carbocycles. The molecule has 4 heteroatoms. The van der Waals surface area contributed by atoms with E-state index in [2.05, 4.69) is 43.1 Å². The summed E-state index contributed by atoms with van der Waals surface area (Å²) in [5.41, 5.74) is 2.65. The largest absolute Gasteiger partial charge is 0.498 e. The van der Waals surface area contributed by atoms with Crippen LogP contribution in [0.5, 0.6) is 0 Å². The van der Waals surface area contributed by atoms with Crippen LogP contribution in [0.3, 0.4) is 0 Å². The zero-order valence-corrected chi connectivity index (χ0v) is 20.3. The molecule has 4 bridgehead atoms. The molecule has 6 atom stereocenters. The first-order valence-electron chi connectivity index (χ1n) is 13.3.